The molecule has 122 valence electrons. The quantitative estimate of drug-likeness (QED) is 0.863. The van der Waals surface area contributed by atoms with Crippen molar-refractivity contribution >= 4 is 6.09 Å². The Morgan fingerprint density at radius 1 is 1.36 bits per heavy atom. The molecule has 6 nitrogen and oxygen atoms in total. The minimum absolute atomic E-state index is 0.0406. The van der Waals surface area contributed by atoms with Crippen molar-refractivity contribution in [2.45, 2.75) is 69.7 Å². The fourth-order valence-corrected chi connectivity index (χ4v) is 3.73. The van der Waals surface area contributed by atoms with Crippen LogP contribution in [0.3, 0.4) is 0 Å². The second kappa shape index (κ2) is 4.98. The van der Waals surface area contributed by atoms with Crippen LogP contribution in [-0.2, 0) is 17.4 Å². The summed E-state index contributed by atoms with van der Waals surface area (Å²) in [6.07, 6.45) is 6.28. The van der Waals surface area contributed by atoms with E-state index in [2.05, 4.69) is 5.10 Å². The Labute approximate surface area is 131 Å². The van der Waals surface area contributed by atoms with Crippen LogP contribution in [0.15, 0.2) is 12.4 Å². The molecule has 2 bridgehead atoms. The lowest BCUT2D eigenvalue weighted by atomic mass is 9.82. The number of hydrogen-bond acceptors (Lipinski definition) is 4. The van der Waals surface area contributed by atoms with Crippen LogP contribution in [0.4, 0.5) is 4.79 Å². The van der Waals surface area contributed by atoms with Crippen molar-refractivity contribution in [3.8, 4) is 0 Å². The molecule has 2 fully saturated rings. The van der Waals surface area contributed by atoms with E-state index in [1.165, 1.54) is 0 Å². The molecule has 0 spiro atoms. The highest BCUT2D eigenvalue weighted by atomic mass is 16.6. The van der Waals surface area contributed by atoms with Gasteiger partial charge in [0.25, 0.3) is 0 Å². The number of rotatable bonds is 1. The second-order valence-electron chi connectivity index (χ2n) is 7.62. The van der Waals surface area contributed by atoms with Gasteiger partial charge in [0.05, 0.1) is 11.8 Å². The van der Waals surface area contributed by atoms with Crippen molar-refractivity contribution in [2.75, 3.05) is 0 Å². The third-order valence-corrected chi connectivity index (χ3v) is 4.61. The lowest BCUT2D eigenvalue weighted by Crippen LogP contribution is -2.53. The number of carbonyl (C=O) groups excluding carboxylic acids is 1. The number of amides is 1. The minimum atomic E-state index is -0.890. The lowest BCUT2D eigenvalue weighted by Gasteiger charge is -2.43. The minimum Gasteiger partial charge on any atom is -0.444 e. The average molecular weight is 307 g/mol. The van der Waals surface area contributed by atoms with E-state index in [-0.39, 0.29) is 18.2 Å². The summed E-state index contributed by atoms with van der Waals surface area (Å²) in [5, 5.41) is 15.2. The molecule has 0 radical (unpaired) electrons. The molecular weight excluding hydrogens is 282 g/mol. The van der Waals surface area contributed by atoms with Gasteiger partial charge in [-0.3, -0.25) is 4.68 Å². The molecule has 2 aliphatic heterocycles. The van der Waals surface area contributed by atoms with E-state index < -0.39 is 11.2 Å². The first-order valence-electron chi connectivity index (χ1n) is 7.91. The van der Waals surface area contributed by atoms with Crippen molar-refractivity contribution in [2.24, 2.45) is 7.05 Å². The summed E-state index contributed by atoms with van der Waals surface area (Å²) in [4.78, 5) is 14.3. The number of ether oxygens (including phenoxy) is 1. The molecule has 1 aromatic rings. The monoisotopic (exact) mass is 307 g/mol. The van der Waals surface area contributed by atoms with Crippen molar-refractivity contribution in [3.05, 3.63) is 18.0 Å². The Balaban J connectivity index is 1.78. The van der Waals surface area contributed by atoms with Crippen molar-refractivity contribution in [1.82, 2.24) is 14.7 Å². The SMILES string of the molecule is Cn1cc(C2(O)CC3CCC(C2)N3C(=O)OC(C)(C)C)cn1. The number of aryl methyl sites for hydroxylation is 1. The van der Waals surface area contributed by atoms with Crippen LogP contribution in [0.5, 0.6) is 0 Å². The first kappa shape index (κ1) is 15.3. The molecule has 3 heterocycles. The summed E-state index contributed by atoms with van der Waals surface area (Å²) in [6.45, 7) is 5.63. The first-order chi connectivity index (χ1) is 10.2. The molecule has 22 heavy (non-hydrogen) atoms. The molecule has 0 aliphatic carbocycles. The fourth-order valence-electron chi connectivity index (χ4n) is 3.73. The number of hydrogen-bond donors (Lipinski definition) is 1. The van der Waals surface area contributed by atoms with Gasteiger partial charge < -0.3 is 14.7 Å². The standard InChI is InChI=1S/C16H25N3O3/c1-15(2,3)22-14(20)19-12-5-6-13(19)8-16(21,7-12)11-9-17-18(4)10-11/h9-10,12-13,21H,5-8H2,1-4H3. The van der Waals surface area contributed by atoms with Crippen molar-refractivity contribution in [1.29, 1.82) is 0 Å². The Hall–Kier alpha value is -1.56. The number of carbonyl (C=O) groups is 1. The normalized spacial score (nSPS) is 31.4. The topological polar surface area (TPSA) is 67.6 Å². The van der Waals surface area contributed by atoms with E-state index in [4.69, 9.17) is 4.74 Å². The first-order valence-corrected chi connectivity index (χ1v) is 7.91. The van der Waals surface area contributed by atoms with Crippen LogP contribution in [0, 0.1) is 0 Å². The molecule has 1 amide bonds. The van der Waals surface area contributed by atoms with Gasteiger partial charge in [-0.1, -0.05) is 0 Å². The maximum atomic E-state index is 12.4. The molecule has 2 saturated heterocycles. The zero-order chi connectivity index (χ0) is 16.1. The van der Waals surface area contributed by atoms with E-state index in [1.807, 2.05) is 38.9 Å². The molecular formula is C16H25N3O3. The molecule has 6 heteroatoms. The summed E-state index contributed by atoms with van der Waals surface area (Å²) in [7, 11) is 1.84. The molecule has 0 saturated carbocycles. The second-order valence-corrected chi connectivity index (χ2v) is 7.62. The molecule has 1 N–H and O–H groups in total. The van der Waals surface area contributed by atoms with E-state index in [9.17, 15) is 9.90 Å². The summed E-state index contributed by atoms with van der Waals surface area (Å²) in [6, 6.07) is 0.0811. The largest absolute Gasteiger partial charge is 0.444 e. The van der Waals surface area contributed by atoms with Crippen LogP contribution in [0.2, 0.25) is 0 Å². The van der Waals surface area contributed by atoms with Crippen LogP contribution >= 0.6 is 0 Å². The maximum Gasteiger partial charge on any atom is 0.410 e. The summed E-state index contributed by atoms with van der Waals surface area (Å²) < 4.78 is 7.23. The number of piperidine rings is 1. The fraction of sp³-hybridized carbons (Fsp3) is 0.750. The maximum absolute atomic E-state index is 12.4. The molecule has 2 aliphatic rings. The van der Waals surface area contributed by atoms with Crippen LogP contribution in [0.1, 0.15) is 52.0 Å². The average Bonchev–Trinajstić information content (AvgIpc) is 2.91. The van der Waals surface area contributed by atoms with Gasteiger partial charge in [0.15, 0.2) is 0 Å². The summed E-state index contributed by atoms with van der Waals surface area (Å²) in [5.41, 5.74) is -0.539. The highest BCUT2D eigenvalue weighted by Crippen LogP contribution is 2.46. The Kier molecular flexibility index (Phi) is 3.47. The summed E-state index contributed by atoms with van der Waals surface area (Å²) >= 11 is 0. The molecule has 3 rings (SSSR count). The Bertz CT molecular complexity index is 561. The highest BCUT2D eigenvalue weighted by Gasteiger charge is 2.51. The van der Waals surface area contributed by atoms with E-state index in [0.29, 0.717) is 12.8 Å². The summed E-state index contributed by atoms with van der Waals surface area (Å²) in [5.74, 6) is 0. The van der Waals surface area contributed by atoms with Gasteiger partial charge in [-0.15, -0.1) is 0 Å². The lowest BCUT2D eigenvalue weighted by molar-refractivity contribution is -0.0624. The van der Waals surface area contributed by atoms with E-state index >= 15 is 0 Å². The van der Waals surface area contributed by atoms with E-state index in [1.54, 1.807) is 10.9 Å². The van der Waals surface area contributed by atoms with Crippen LogP contribution in [0.25, 0.3) is 0 Å². The Morgan fingerprint density at radius 2 is 1.95 bits per heavy atom. The molecule has 2 unspecified atom stereocenters. The number of fused-ring (bicyclic) bond motifs is 2. The zero-order valence-corrected chi connectivity index (χ0v) is 13.7. The van der Waals surface area contributed by atoms with Gasteiger partial charge in [0, 0.05) is 43.7 Å². The highest BCUT2D eigenvalue weighted by molar-refractivity contribution is 5.69. The Morgan fingerprint density at radius 3 is 2.41 bits per heavy atom. The third kappa shape index (κ3) is 2.72. The number of aliphatic hydroxyl groups is 1. The van der Waals surface area contributed by atoms with Gasteiger partial charge >= 0.3 is 6.09 Å². The number of aromatic nitrogens is 2. The van der Waals surface area contributed by atoms with Gasteiger partial charge in [0.1, 0.15) is 5.60 Å². The van der Waals surface area contributed by atoms with Gasteiger partial charge in [-0.2, -0.15) is 5.10 Å². The van der Waals surface area contributed by atoms with Crippen LogP contribution in [-0.4, -0.2) is 43.6 Å². The van der Waals surface area contributed by atoms with Gasteiger partial charge in [0.2, 0.25) is 0 Å². The third-order valence-electron chi connectivity index (χ3n) is 4.61. The van der Waals surface area contributed by atoms with Crippen molar-refractivity contribution < 1.29 is 14.6 Å². The van der Waals surface area contributed by atoms with Gasteiger partial charge in [-0.05, 0) is 33.6 Å². The van der Waals surface area contributed by atoms with Crippen molar-refractivity contribution in [3.63, 3.8) is 0 Å². The van der Waals surface area contributed by atoms with Crippen LogP contribution < -0.4 is 0 Å². The number of nitrogens with zero attached hydrogens (tertiary/aromatic N) is 3. The van der Waals surface area contributed by atoms with Gasteiger partial charge in [-0.25, -0.2) is 4.79 Å². The smallest absolute Gasteiger partial charge is 0.410 e. The molecule has 1 aromatic heterocycles. The zero-order valence-electron chi connectivity index (χ0n) is 13.7. The van der Waals surface area contributed by atoms with E-state index in [0.717, 1.165) is 18.4 Å². The predicted octanol–water partition coefficient (Wildman–Crippen LogP) is 2.17. The predicted molar refractivity (Wildman–Crippen MR) is 81.2 cm³/mol. The molecule has 2 atom stereocenters. The molecule has 0 aromatic carbocycles.